The van der Waals surface area contributed by atoms with Crippen LogP contribution in [0, 0.1) is 5.82 Å². The van der Waals surface area contributed by atoms with Crippen LogP contribution in [0.3, 0.4) is 0 Å². The Labute approximate surface area is 123 Å². The number of halogens is 1. The third-order valence-corrected chi connectivity index (χ3v) is 3.18. The lowest BCUT2D eigenvalue weighted by atomic mass is 10.1. The number of aryl methyl sites for hydroxylation is 1. The molecule has 1 amide bonds. The van der Waals surface area contributed by atoms with E-state index in [1.165, 1.54) is 12.1 Å². The van der Waals surface area contributed by atoms with Crippen LogP contribution in [0.25, 0.3) is 0 Å². The second kappa shape index (κ2) is 7.38. The number of carbonyl (C=O) groups is 1. The first kappa shape index (κ1) is 15.0. The van der Waals surface area contributed by atoms with Crippen LogP contribution >= 0.6 is 0 Å². The Morgan fingerprint density at radius 1 is 1.24 bits per heavy atom. The summed E-state index contributed by atoms with van der Waals surface area (Å²) in [7, 11) is 0. The smallest absolute Gasteiger partial charge is 0.220 e. The molecule has 0 fully saturated rings. The number of carbonyl (C=O) groups excluding carboxylic acids is 1. The lowest BCUT2D eigenvalue weighted by Gasteiger charge is -2.07. The summed E-state index contributed by atoms with van der Waals surface area (Å²) >= 11 is 0. The second-order valence-corrected chi connectivity index (χ2v) is 4.80. The number of hydrogen-bond acceptors (Lipinski definition) is 3. The molecule has 1 heterocycles. The minimum Gasteiger partial charge on any atom is -0.383 e. The summed E-state index contributed by atoms with van der Waals surface area (Å²) in [6, 6.07) is 9.96. The molecule has 4 nitrogen and oxygen atoms in total. The summed E-state index contributed by atoms with van der Waals surface area (Å²) in [6.45, 7) is 0.384. The zero-order chi connectivity index (χ0) is 15.1. The van der Waals surface area contributed by atoms with Crippen LogP contribution in [0.15, 0.2) is 42.6 Å². The average molecular weight is 287 g/mol. The predicted molar refractivity (Wildman–Crippen MR) is 79.8 cm³/mol. The highest BCUT2D eigenvalue weighted by atomic mass is 19.1. The number of nitrogens with one attached hydrogen (secondary N) is 1. The molecule has 0 aliphatic heterocycles. The first-order chi connectivity index (χ1) is 10.1. The van der Waals surface area contributed by atoms with Crippen molar-refractivity contribution < 1.29 is 9.18 Å². The van der Waals surface area contributed by atoms with Gasteiger partial charge in [-0.05, 0) is 36.6 Å². The summed E-state index contributed by atoms with van der Waals surface area (Å²) in [6.07, 6.45) is 3.52. The Hall–Kier alpha value is -2.43. The molecule has 5 heteroatoms. The molecule has 110 valence electrons. The van der Waals surface area contributed by atoms with Gasteiger partial charge in [0.2, 0.25) is 5.91 Å². The lowest BCUT2D eigenvalue weighted by Crippen LogP contribution is -2.23. The van der Waals surface area contributed by atoms with Gasteiger partial charge in [0, 0.05) is 24.7 Å². The Kier molecular flexibility index (Phi) is 5.26. The topological polar surface area (TPSA) is 68.0 Å². The van der Waals surface area contributed by atoms with Crippen molar-refractivity contribution in [2.45, 2.75) is 25.8 Å². The van der Waals surface area contributed by atoms with Crippen molar-refractivity contribution in [3.05, 3.63) is 59.5 Å². The van der Waals surface area contributed by atoms with E-state index in [9.17, 15) is 9.18 Å². The third kappa shape index (κ3) is 4.87. The monoisotopic (exact) mass is 287 g/mol. The van der Waals surface area contributed by atoms with E-state index in [1.54, 1.807) is 24.4 Å². The van der Waals surface area contributed by atoms with Gasteiger partial charge in [0.25, 0.3) is 0 Å². The van der Waals surface area contributed by atoms with Crippen molar-refractivity contribution in [2.75, 3.05) is 5.73 Å². The van der Waals surface area contributed by atoms with Gasteiger partial charge >= 0.3 is 0 Å². The van der Waals surface area contributed by atoms with Gasteiger partial charge in [-0.25, -0.2) is 9.37 Å². The van der Waals surface area contributed by atoms with Crippen LogP contribution in [0.5, 0.6) is 0 Å². The summed E-state index contributed by atoms with van der Waals surface area (Å²) in [4.78, 5) is 15.7. The fourth-order valence-corrected chi connectivity index (χ4v) is 1.99. The van der Waals surface area contributed by atoms with Crippen LogP contribution in [-0.2, 0) is 17.8 Å². The minimum atomic E-state index is -0.245. The summed E-state index contributed by atoms with van der Waals surface area (Å²) in [5.41, 5.74) is 7.54. The quantitative estimate of drug-likeness (QED) is 0.857. The highest BCUT2D eigenvalue weighted by Crippen LogP contribution is 2.08. The largest absolute Gasteiger partial charge is 0.383 e. The Morgan fingerprint density at radius 3 is 2.71 bits per heavy atom. The highest BCUT2D eigenvalue weighted by molar-refractivity contribution is 5.76. The maximum Gasteiger partial charge on any atom is 0.220 e. The average Bonchev–Trinajstić information content (AvgIpc) is 2.48. The van der Waals surface area contributed by atoms with Gasteiger partial charge < -0.3 is 11.1 Å². The Morgan fingerprint density at radius 2 is 2.00 bits per heavy atom. The summed E-state index contributed by atoms with van der Waals surface area (Å²) < 4.78 is 12.8. The van der Waals surface area contributed by atoms with Crippen molar-refractivity contribution in [3.8, 4) is 0 Å². The summed E-state index contributed by atoms with van der Waals surface area (Å²) in [5.74, 6) is 0.162. The van der Waals surface area contributed by atoms with Gasteiger partial charge in [-0.3, -0.25) is 4.79 Å². The zero-order valence-electron chi connectivity index (χ0n) is 11.7. The van der Waals surface area contributed by atoms with Gasteiger partial charge in [0.1, 0.15) is 11.6 Å². The first-order valence-electron chi connectivity index (χ1n) is 6.85. The molecular formula is C16H18FN3O. The molecular weight excluding hydrogens is 269 g/mol. The molecule has 0 atom stereocenters. The maximum atomic E-state index is 12.8. The number of nitrogen functional groups attached to an aromatic ring is 1. The van der Waals surface area contributed by atoms with Crippen LogP contribution in [0.2, 0.25) is 0 Å². The number of benzene rings is 1. The molecule has 0 unspecified atom stereocenters. The fraction of sp³-hybridized carbons (Fsp3) is 0.250. The van der Waals surface area contributed by atoms with Gasteiger partial charge in [-0.2, -0.15) is 0 Å². The molecule has 0 bridgehead atoms. The molecule has 21 heavy (non-hydrogen) atoms. The molecule has 0 saturated heterocycles. The number of nitrogens with zero attached hydrogens (tertiary/aromatic N) is 1. The van der Waals surface area contributed by atoms with Crippen LogP contribution < -0.4 is 11.1 Å². The van der Waals surface area contributed by atoms with E-state index >= 15 is 0 Å². The van der Waals surface area contributed by atoms with Crippen molar-refractivity contribution in [1.82, 2.24) is 10.3 Å². The number of nitrogens with two attached hydrogens (primary N) is 1. The van der Waals surface area contributed by atoms with Gasteiger partial charge in [-0.1, -0.05) is 18.2 Å². The van der Waals surface area contributed by atoms with Crippen LogP contribution in [0.1, 0.15) is 24.0 Å². The molecule has 0 aliphatic carbocycles. The molecule has 0 saturated carbocycles. The van der Waals surface area contributed by atoms with Crippen LogP contribution in [0.4, 0.5) is 10.2 Å². The van der Waals surface area contributed by atoms with Gasteiger partial charge in [-0.15, -0.1) is 0 Å². The minimum absolute atomic E-state index is 0.0274. The zero-order valence-corrected chi connectivity index (χ0v) is 11.7. The standard InChI is InChI=1S/C16H18FN3O/c17-14-8-6-12(7-9-14)3-1-5-15(21)20-11-13-4-2-10-19-16(13)18/h2,4,6-10H,1,3,5,11H2,(H2,18,19)(H,20,21). The SMILES string of the molecule is Nc1ncccc1CNC(=O)CCCc1ccc(F)cc1. The second-order valence-electron chi connectivity index (χ2n) is 4.80. The molecule has 1 aromatic heterocycles. The summed E-state index contributed by atoms with van der Waals surface area (Å²) in [5, 5.41) is 2.82. The number of hydrogen-bond donors (Lipinski definition) is 2. The van der Waals surface area contributed by atoms with E-state index in [0.29, 0.717) is 18.8 Å². The van der Waals surface area contributed by atoms with E-state index in [-0.39, 0.29) is 11.7 Å². The number of anilines is 1. The number of pyridine rings is 1. The molecule has 0 spiro atoms. The molecule has 3 N–H and O–H groups in total. The highest BCUT2D eigenvalue weighted by Gasteiger charge is 2.04. The van der Waals surface area contributed by atoms with Crippen LogP contribution in [-0.4, -0.2) is 10.9 Å². The van der Waals surface area contributed by atoms with Crippen molar-refractivity contribution in [3.63, 3.8) is 0 Å². The number of rotatable bonds is 6. The number of aromatic nitrogens is 1. The molecule has 2 rings (SSSR count). The van der Waals surface area contributed by atoms with E-state index in [1.807, 2.05) is 6.07 Å². The van der Waals surface area contributed by atoms with Gasteiger partial charge in [0.15, 0.2) is 0 Å². The van der Waals surface area contributed by atoms with Crippen molar-refractivity contribution >= 4 is 11.7 Å². The van der Waals surface area contributed by atoms with E-state index in [4.69, 9.17) is 5.73 Å². The van der Waals surface area contributed by atoms with Gasteiger partial charge in [0.05, 0.1) is 0 Å². The van der Waals surface area contributed by atoms with Crippen molar-refractivity contribution in [1.29, 1.82) is 0 Å². The predicted octanol–water partition coefficient (Wildman–Crippen LogP) is 2.44. The van der Waals surface area contributed by atoms with E-state index in [2.05, 4.69) is 10.3 Å². The Balaban J connectivity index is 1.70. The van der Waals surface area contributed by atoms with E-state index < -0.39 is 0 Å². The molecule has 2 aromatic rings. The van der Waals surface area contributed by atoms with E-state index in [0.717, 1.165) is 24.0 Å². The third-order valence-electron chi connectivity index (χ3n) is 3.18. The number of amides is 1. The molecule has 0 aliphatic rings. The first-order valence-corrected chi connectivity index (χ1v) is 6.85. The fourth-order valence-electron chi connectivity index (χ4n) is 1.99. The lowest BCUT2D eigenvalue weighted by molar-refractivity contribution is -0.121. The van der Waals surface area contributed by atoms with Crippen molar-refractivity contribution in [2.24, 2.45) is 0 Å². The molecule has 1 aromatic carbocycles. The Bertz CT molecular complexity index is 599. The molecule has 0 radical (unpaired) electrons. The normalized spacial score (nSPS) is 10.3. The maximum absolute atomic E-state index is 12.8.